The Balaban J connectivity index is 1.60. The standard InChI is InChI=1S/C23H19ClN2O3/c1-25-19-9-5-6-10-20(19)26(23(25)28)15-22(27)29-21-12-11-18(24)14-17(21)13-16-7-3-2-4-8-16/h2-12,14H,13,15H2,1H3. The van der Waals surface area contributed by atoms with E-state index in [-0.39, 0.29) is 12.2 Å². The van der Waals surface area contributed by atoms with Crippen LogP contribution in [0, 0.1) is 0 Å². The Kier molecular flexibility index (Phi) is 5.23. The number of rotatable bonds is 5. The fourth-order valence-corrected chi connectivity index (χ4v) is 3.60. The van der Waals surface area contributed by atoms with Crippen molar-refractivity contribution in [1.82, 2.24) is 9.13 Å². The first-order valence-electron chi connectivity index (χ1n) is 9.20. The molecule has 1 aromatic heterocycles. The van der Waals surface area contributed by atoms with Crippen LogP contribution < -0.4 is 10.4 Å². The van der Waals surface area contributed by atoms with Gasteiger partial charge in [0.25, 0.3) is 0 Å². The number of para-hydroxylation sites is 2. The predicted molar refractivity (Wildman–Crippen MR) is 114 cm³/mol. The van der Waals surface area contributed by atoms with Crippen LogP contribution in [-0.4, -0.2) is 15.1 Å². The van der Waals surface area contributed by atoms with Crippen LogP contribution in [0.2, 0.25) is 5.02 Å². The largest absolute Gasteiger partial charge is 0.425 e. The molecule has 0 fully saturated rings. The summed E-state index contributed by atoms with van der Waals surface area (Å²) in [5.74, 6) is -0.0726. The number of hydrogen-bond donors (Lipinski definition) is 0. The quantitative estimate of drug-likeness (QED) is 0.369. The van der Waals surface area contributed by atoms with Crippen molar-refractivity contribution in [1.29, 1.82) is 0 Å². The summed E-state index contributed by atoms with van der Waals surface area (Å²) in [6, 6.07) is 22.4. The predicted octanol–water partition coefficient (Wildman–Crippen LogP) is 4.19. The van der Waals surface area contributed by atoms with Crippen LogP contribution >= 0.6 is 11.6 Å². The Hall–Kier alpha value is -3.31. The summed E-state index contributed by atoms with van der Waals surface area (Å²) in [4.78, 5) is 25.2. The van der Waals surface area contributed by atoms with Crippen molar-refractivity contribution in [3.8, 4) is 5.75 Å². The molecule has 0 saturated heterocycles. The second-order valence-corrected chi connectivity index (χ2v) is 7.24. The highest BCUT2D eigenvalue weighted by molar-refractivity contribution is 6.30. The lowest BCUT2D eigenvalue weighted by Crippen LogP contribution is -2.27. The van der Waals surface area contributed by atoms with E-state index in [9.17, 15) is 9.59 Å². The molecule has 0 amide bonds. The van der Waals surface area contributed by atoms with Gasteiger partial charge in [0.2, 0.25) is 0 Å². The van der Waals surface area contributed by atoms with E-state index in [1.807, 2.05) is 54.6 Å². The maximum absolute atomic E-state index is 12.7. The van der Waals surface area contributed by atoms with Crippen LogP contribution in [-0.2, 0) is 24.8 Å². The fraction of sp³-hybridized carbons (Fsp3) is 0.130. The van der Waals surface area contributed by atoms with Gasteiger partial charge in [0.15, 0.2) is 0 Å². The minimum absolute atomic E-state index is 0.173. The highest BCUT2D eigenvalue weighted by Crippen LogP contribution is 2.26. The normalized spacial score (nSPS) is 11.0. The zero-order chi connectivity index (χ0) is 20.4. The average Bonchev–Trinajstić information content (AvgIpc) is 2.96. The summed E-state index contributed by atoms with van der Waals surface area (Å²) in [6.45, 7) is -0.173. The van der Waals surface area contributed by atoms with E-state index in [0.29, 0.717) is 22.7 Å². The molecular formula is C23H19ClN2O3. The van der Waals surface area contributed by atoms with Gasteiger partial charge in [-0.05, 0) is 35.9 Å². The maximum atomic E-state index is 12.7. The molecule has 1 heterocycles. The van der Waals surface area contributed by atoms with Crippen LogP contribution in [0.5, 0.6) is 5.75 Å². The highest BCUT2D eigenvalue weighted by atomic mass is 35.5. The number of carbonyl (C=O) groups excluding carboxylic acids is 1. The number of benzene rings is 3. The molecule has 6 heteroatoms. The number of carbonyl (C=O) groups is 1. The lowest BCUT2D eigenvalue weighted by Gasteiger charge is -2.11. The van der Waals surface area contributed by atoms with Gasteiger partial charge in [0.05, 0.1) is 11.0 Å². The summed E-state index contributed by atoms with van der Waals surface area (Å²) in [5.41, 5.74) is 3.09. The van der Waals surface area contributed by atoms with Gasteiger partial charge in [-0.3, -0.25) is 9.13 Å². The molecular weight excluding hydrogens is 388 g/mol. The van der Waals surface area contributed by atoms with Crippen LogP contribution in [0.25, 0.3) is 11.0 Å². The van der Waals surface area contributed by atoms with Crippen molar-refractivity contribution in [2.75, 3.05) is 0 Å². The SMILES string of the molecule is Cn1c(=O)n(CC(=O)Oc2ccc(Cl)cc2Cc2ccccc2)c2ccccc21. The molecule has 146 valence electrons. The molecule has 5 nitrogen and oxygen atoms in total. The Labute approximate surface area is 172 Å². The van der Waals surface area contributed by atoms with Crippen molar-refractivity contribution < 1.29 is 9.53 Å². The molecule has 0 N–H and O–H groups in total. The second-order valence-electron chi connectivity index (χ2n) is 6.80. The molecule has 0 bridgehead atoms. The van der Waals surface area contributed by atoms with Crippen LogP contribution in [0.15, 0.2) is 77.6 Å². The third-order valence-corrected chi connectivity index (χ3v) is 5.06. The minimum Gasteiger partial charge on any atom is -0.425 e. The molecule has 0 radical (unpaired) electrons. The lowest BCUT2D eigenvalue weighted by molar-refractivity contribution is -0.135. The molecule has 29 heavy (non-hydrogen) atoms. The molecule has 0 aliphatic rings. The summed E-state index contributed by atoms with van der Waals surface area (Å²) in [5, 5.41) is 0.570. The Morgan fingerprint density at radius 2 is 1.66 bits per heavy atom. The van der Waals surface area contributed by atoms with E-state index in [2.05, 4.69) is 0 Å². The molecule has 0 atom stereocenters. The van der Waals surface area contributed by atoms with Gasteiger partial charge >= 0.3 is 11.7 Å². The van der Waals surface area contributed by atoms with E-state index >= 15 is 0 Å². The van der Waals surface area contributed by atoms with Crippen LogP contribution in [0.4, 0.5) is 0 Å². The zero-order valence-corrected chi connectivity index (χ0v) is 16.6. The molecule has 4 aromatic rings. The Morgan fingerprint density at radius 1 is 0.966 bits per heavy atom. The molecule has 0 spiro atoms. The van der Waals surface area contributed by atoms with Gasteiger partial charge in [-0.1, -0.05) is 54.1 Å². The summed E-state index contributed by atoms with van der Waals surface area (Å²) >= 11 is 6.15. The number of imidazole rings is 1. The molecule has 0 aliphatic carbocycles. The Morgan fingerprint density at radius 3 is 2.41 bits per heavy atom. The van der Waals surface area contributed by atoms with Crippen LogP contribution in [0.3, 0.4) is 0 Å². The first kappa shape index (κ1) is 19.0. The van der Waals surface area contributed by atoms with Gasteiger partial charge in [-0.25, -0.2) is 9.59 Å². The zero-order valence-electron chi connectivity index (χ0n) is 15.8. The van der Waals surface area contributed by atoms with Crippen molar-refractivity contribution in [2.24, 2.45) is 7.05 Å². The number of halogens is 1. The summed E-state index contributed by atoms with van der Waals surface area (Å²) in [6.07, 6.45) is 0.582. The average molecular weight is 407 g/mol. The van der Waals surface area contributed by atoms with Gasteiger partial charge in [-0.2, -0.15) is 0 Å². The van der Waals surface area contributed by atoms with E-state index in [1.165, 1.54) is 9.13 Å². The first-order valence-corrected chi connectivity index (χ1v) is 9.58. The van der Waals surface area contributed by atoms with Gasteiger partial charge in [0.1, 0.15) is 12.3 Å². The maximum Gasteiger partial charge on any atom is 0.331 e. The van der Waals surface area contributed by atoms with E-state index < -0.39 is 5.97 Å². The third-order valence-electron chi connectivity index (χ3n) is 4.82. The minimum atomic E-state index is -0.514. The van der Waals surface area contributed by atoms with Gasteiger partial charge in [0, 0.05) is 24.1 Å². The number of fused-ring (bicyclic) bond motifs is 1. The van der Waals surface area contributed by atoms with Gasteiger partial charge < -0.3 is 4.74 Å². The van der Waals surface area contributed by atoms with Gasteiger partial charge in [-0.15, -0.1) is 0 Å². The lowest BCUT2D eigenvalue weighted by atomic mass is 10.0. The number of nitrogens with zero attached hydrogens (tertiary/aromatic N) is 2. The van der Waals surface area contributed by atoms with E-state index in [0.717, 1.165) is 16.6 Å². The van der Waals surface area contributed by atoms with E-state index in [1.54, 1.807) is 25.2 Å². The monoisotopic (exact) mass is 406 g/mol. The number of ether oxygens (including phenoxy) is 1. The molecule has 4 rings (SSSR count). The number of hydrogen-bond acceptors (Lipinski definition) is 3. The summed E-state index contributed by atoms with van der Waals surface area (Å²) in [7, 11) is 1.68. The van der Waals surface area contributed by atoms with Crippen molar-refractivity contribution >= 4 is 28.6 Å². The molecule has 0 aliphatic heterocycles. The fourth-order valence-electron chi connectivity index (χ4n) is 3.40. The highest BCUT2D eigenvalue weighted by Gasteiger charge is 2.16. The first-order chi connectivity index (χ1) is 14.0. The molecule has 3 aromatic carbocycles. The van der Waals surface area contributed by atoms with Crippen molar-refractivity contribution in [2.45, 2.75) is 13.0 Å². The number of aromatic nitrogens is 2. The van der Waals surface area contributed by atoms with E-state index in [4.69, 9.17) is 16.3 Å². The second kappa shape index (κ2) is 7.97. The smallest absolute Gasteiger partial charge is 0.331 e. The Bertz CT molecular complexity index is 1240. The van der Waals surface area contributed by atoms with Crippen LogP contribution in [0.1, 0.15) is 11.1 Å². The molecule has 0 saturated carbocycles. The van der Waals surface area contributed by atoms with Crippen molar-refractivity contribution in [3.63, 3.8) is 0 Å². The number of aryl methyl sites for hydroxylation is 1. The summed E-state index contributed by atoms with van der Waals surface area (Å²) < 4.78 is 8.56. The third kappa shape index (κ3) is 3.96. The molecule has 0 unspecified atom stereocenters. The number of esters is 1. The van der Waals surface area contributed by atoms with Crippen molar-refractivity contribution in [3.05, 3.63) is 99.4 Å². The topological polar surface area (TPSA) is 53.2 Å².